The van der Waals surface area contributed by atoms with Gasteiger partial charge in [0.25, 0.3) is 0 Å². The van der Waals surface area contributed by atoms with Gasteiger partial charge in [-0.05, 0) is 29.3 Å². The molecule has 17 heavy (non-hydrogen) atoms. The first kappa shape index (κ1) is 11.9. The van der Waals surface area contributed by atoms with Crippen molar-refractivity contribution in [1.82, 2.24) is 9.97 Å². The van der Waals surface area contributed by atoms with Crippen LogP contribution in [0.3, 0.4) is 0 Å². The zero-order valence-electron chi connectivity index (χ0n) is 10.3. The Labute approximate surface area is 105 Å². The predicted molar refractivity (Wildman–Crippen MR) is 72.7 cm³/mol. The Bertz CT molecular complexity index is 481. The Morgan fingerprint density at radius 1 is 1.47 bits per heavy atom. The molecule has 0 bridgehead atoms. The van der Waals surface area contributed by atoms with Crippen LogP contribution in [0.25, 0.3) is 0 Å². The SMILES string of the molecule is CNc1ncc(C)c(N(C)Cc2ccsc2)n1. The Morgan fingerprint density at radius 3 is 2.94 bits per heavy atom. The van der Waals surface area contributed by atoms with Gasteiger partial charge >= 0.3 is 0 Å². The topological polar surface area (TPSA) is 41.1 Å². The number of nitrogens with zero attached hydrogens (tertiary/aromatic N) is 3. The van der Waals surface area contributed by atoms with E-state index in [1.54, 1.807) is 11.3 Å². The summed E-state index contributed by atoms with van der Waals surface area (Å²) in [5.74, 6) is 1.62. The van der Waals surface area contributed by atoms with Gasteiger partial charge in [-0.25, -0.2) is 4.98 Å². The molecular weight excluding hydrogens is 232 g/mol. The van der Waals surface area contributed by atoms with E-state index in [2.05, 4.69) is 37.0 Å². The van der Waals surface area contributed by atoms with Crippen LogP contribution in [0.4, 0.5) is 11.8 Å². The standard InChI is InChI=1S/C12H16N4S/c1-9-6-14-12(13-2)15-11(9)16(3)7-10-4-5-17-8-10/h4-6,8H,7H2,1-3H3,(H,13,14,15). The summed E-state index contributed by atoms with van der Waals surface area (Å²) in [6.07, 6.45) is 1.85. The molecule has 0 aliphatic heterocycles. The van der Waals surface area contributed by atoms with Crippen LogP contribution in [-0.4, -0.2) is 24.1 Å². The molecule has 0 atom stereocenters. The summed E-state index contributed by atoms with van der Waals surface area (Å²) in [4.78, 5) is 10.8. The zero-order valence-corrected chi connectivity index (χ0v) is 11.1. The van der Waals surface area contributed by atoms with Gasteiger partial charge in [0.1, 0.15) is 5.82 Å². The van der Waals surface area contributed by atoms with E-state index in [0.717, 1.165) is 17.9 Å². The second kappa shape index (κ2) is 5.14. The molecular formula is C12H16N4S. The minimum absolute atomic E-state index is 0.655. The van der Waals surface area contributed by atoms with Crippen molar-refractivity contribution in [2.45, 2.75) is 13.5 Å². The molecule has 2 rings (SSSR count). The fourth-order valence-electron chi connectivity index (χ4n) is 1.67. The highest BCUT2D eigenvalue weighted by atomic mass is 32.1. The molecule has 0 aliphatic carbocycles. The smallest absolute Gasteiger partial charge is 0.224 e. The lowest BCUT2D eigenvalue weighted by molar-refractivity contribution is 0.886. The lowest BCUT2D eigenvalue weighted by Crippen LogP contribution is -2.19. The number of nitrogens with one attached hydrogen (secondary N) is 1. The molecule has 2 heterocycles. The summed E-state index contributed by atoms with van der Waals surface area (Å²) >= 11 is 1.72. The molecule has 0 spiro atoms. The maximum atomic E-state index is 4.48. The molecule has 0 saturated heterocycles. The van der Waals surface area contributed by atoms with Crippen molar-refractivity contribution in [2.24, 2.45) is 0 Å². The quantitative estimate of drug-likeness (QED) is 0.902. The molecule has 4 nitrogen and oxygen atoms in total. The van der Waals surface area contributed by atoms with Gasteiger partial charge in [-0.2, -0.15) is 16.3 Å². The minimum atomic E-state index is 0.655. The third-order valence-corrected chi connectivity index (χ3v) is 3.26. The van der Waals surface area contributed by atoms with Crippen molar-refractivity contribution >= 4 is 23.1 Å². The predicted octanol–water partition coefficient (Wildman–Crippen LogP) is 2.52. The highest BCUT2D eigenvalue weighted by molar-refractivity contribution is 7.07. The summed E-state index contributed by atoms with van der Waals surface area (Å²) in [7, 11) is 3.87. The Kier molecular flexibility index (Phi) is 3.58. The Morgan fingerprint density at radius 2 is 2.29 bits per heavy atom. The van der Waals surface area contributed by atoms with E-state index in [4.69, 9.17) is 0 Å². The molecule has 0 saturated carbocycles. The minimum Gasteiger partial charge on any atom is -0.357 e. The first-order valence-corrected chi connectivity index (χ1v) is 6.38. The van der Waals surface area contributed by atoms with Crippen LogP contribution in [0.2, 0.25) is 0 Å². The van der Waals surface area contributed by atoms with Crippen molar-refractivity contribution in [2.75, 3.05) is 24.3 Å². The molecule has 0 fully saturated rings. The molecule has 90 valence electrons. The number of thiophene rings is 1. The van der Waals surface area contributed by atoms with Crippen LogP contribution in [0.15, 0.2) is 23.0 Å². The second-order valence-corrected chi connectivity index (χ2v) is 4.72. The van der Waals surface area contributed by atoms with E-state index in [9.17, 15) is 0 Å². The fourth-order valence-corrected chi connectivity index (χ4v) is 2.33. The highest BCUT2D eigenvalue weighted by Gasteiger charge is 2.09. The molecule has 2 aromatic heterocycles. The monoisotopic (exact) mass is 248 g/mol. The number of hydrogen-bond acceptors (Lipinski definition) is 5. The van der Waals surface area contributed by atoms with E-state index >= 15 is 0 Å². The van der Waals surface area contributed by atoms with E-state index in [1.807, 2.05) is 27.2 Å². The molecule has 0 radical (unpaired) electrons. The maximum absolute atomic E-state index is 4.48. The van der Waals surface area contributed by atoms with Crippen molar-refractivity contribution in [3.8, 4) is 0 Å². The van der Waals surface area contributed by atoms with Gasteiger partial charge in [-0.3, -0.25) is 0 Å². The van der Waals surface area contributed by atoms with Gasteiger partial charge in [0.05, 0.1) is 0 Å². The van der Waals surface area contributed by atoms with Crippen molar-refractivity contribution in [3.05, 3.63) is 34.2 Å². The van der Waals surface area contributed by atoms with E-state index < -0.39 is 0 Å². The van der Waals surface area contributed by atoms with Crippen molar-refractivity contribution in [1.29, 1.82) is 0 Å². The number of rotatable bonds is 4. The van der Waals surface area contributed by atoms with Gasteiger partial charge in [-0.1, -0.05) is 0 Å². The molecule has 0 amide bonds. The summed E-state index contributed by atoms with van der Waals surface area (Å²) < 4.78 is 0. The normalized spacial score (nSPS) is 10.3. The molecule has 0 unspecified atom stereocenters. The van der Waals surface area contributed by atoms with E-state index in [0.29, 0.717) is 5.95 Å². The lowest BCUT2D eigenvalue weighted by atomic mass is 10.3. The summed E-state index contributed by atoms with van der Waals surface area (Å²) in [6, 6.07) is 2.14. The van der Waals surface area contributed by atoms with Gasteiger partial charge < -0.3 is 10.2 Å². The average molecular weight is 248 g/mol. The molecule has 1 N–H and O–H groups in total. The number of hydrogen-bond donors (Lipinski definition) is 1. The van der Waals surface area contributed by atoms with Gasteiger partial charge in [-0.15, -0.1) is 0 Å². The molecule has 0 aromatic carbocycles. The number of aromatic nitrogens is 2. The lowest BCUT2D eigenvalue weighted by Gasteiger charge is -2.19. The van der Waals surface area contributed by atoms with Crippen LogP contribution in [0.1, 0.15) is 11.1 Å². The van der Waals surface area contributed by atoms with Crippen LogP contribution in [0.5, 0.6) is 0 Å². The van der Waals surface area contributed by atoms with E-state index in [-0.39, 0.29) is 0 Å². The Balaban J connectivity index is 2.20. The summed E-state index contributed by atoms with van der Waals surface area (Å²) in [5.41, 5.74) is 2.39. The zero-order chi connectivity index (χ0) is 12.3. The van der Waals surface area contributed by atoms with Crippen LogP contribution in [0, 0.1) is 6.92 Å². The number of anilines is 2. The number of aryl methyl sites for hydroxylation is 1. The third-order valence-electron chi connectivity index (χ3n) is 2.53. The fraction of sp³-hybridized carbons (Fsp3) is 0.333. The summed E-state index contributed by atoms with van der Waals surface area (Å²) in [6.45, 7) is 2.89. The molecule has 0 aliphatic rings. The van der Waals surface area contributed by atoms with Crippen molar-refractivity contribution in [3.63, 3.8) is 0 Å². The van der Waals surface area contributed by atoms with Gasteiger partial charge in [0.2, 0.25) is 5.95 Å². The Hall–Kier alpha value is -1.62. The average Bonchev–Trinajstić information content (AvgIpc) is 2.82. The van der Waals surface area contributed by atoms with Crippen molar-refractivity contribution < 1.29 is 0 Å². The van der Waals surface area contributed by atoms with Crippen LogP contribution >= 0.6 is 11.3 Å². The largest absolute Gasteiger partial charge is 0.357 e. The van der Waals surface area contributed by atoms with E-state index in [1.165, 1.54) is 5.56 Å². The third kappa shape index (κ3) is 2.74. The first-order chi connectivity index (χ1) is 8.20. The first-order valence-electron chi connectivity index (χ1n) is 5.44. The second-order valence-electron chi connectivity index (χ2n) is 3.94. The highest BCUT2D eigenvalue weighted by Crippen LogP contribution is 2.19. The molecule has 2 aromatic rings. The van der Waals surface area contributed by atoms with Gasteiger partial charge in [0.15, 0.2) is 0 Å². The maximum Gasteiger partial charge on any atom is 0.224 e. The van der Waals surface area contributed by atoms with Crippen LogP contribution in [-0.2, 0) is 6.54 Å². The summed E-state index contributed by atoms with van der Waals surface area (Å²) in [5, 5.41) is 7.21. The van der Waals surface area contributed by atoms with Gasteiger partial charge in [0, 0.05) is 32.4 Å². The molecule has 5 heteroatoms. The van der Waals surface area contributed by atoms with Crippen LogP contribution < -0.4 is 10.2 Å².